The molecule has 4 aliphatic rings. The molecule has 6 rings (SSSR count). The second-order valence-corrected chi connectivity index (χ2v) is 14.1. The third-order valence-electron chi connectivity index (χ3n) is 8.79. The Labute approximate surface area is 276 Å². The molecule has 230 valence electrons. The average molecular weight is 642 g/mol. The first-order valence-electron chi connectivity index (χ1n) is 16.4. The van der Waals surface area contributed by atoms with Gasteiger partial charge in [0.15, 0.2) is 0 Å². The summed E-state index contributed by atoms with van der Waals surface area (Å²) in [6, 6.07) is 15.2. The minimum absolute atomic E-state index is 0.167. The molecule has 0 radical (unpaired) electrons. The van der Waals surface area contributed by atoms with Crippen molar-refractivity contribution in [3.63, 3.8) is 0 Å². The van der Waals surface area contributed by atoms with Gasteiger partial charge in [0, 0.05) is 0 Å². The molecule has 1 heteroatoms. The van der Waals surface area contributed by atoms with Gasteiger partial charge in [0.1, 0.15) is 0 Å². The summed E-state index contributed by atoms with van der Waals surface area (Å²) in [5.74, 6) is 1.94. The van der Waals surface area contributed by atoms with Crippen molar-refractivity contribution in [3.8, 4) is 11.1 Å². The second kappa shape index (κ2) is 18.5. The van der Waals surface area contributed by atoms with Crippen molar-refractivity contribution in [1.82, 2.24) is 0 Å². The number of hydrogen-bond acceptors (Lipinski definition) is 0. The minimum atomic E-state index is 0.167. The number of benzene rings is 2. The van der Waals surface area contributed by atoms with E-state index in [0.717, 1.165) is 24.7 Å². The van der Waals surface area contributed by atoms with Crippen molar-refractivity contribution < 1.29 is 24.2 Å². The molecule has 0 spiro atoms. The summed E-state index contributed by atoms with van der Waals surface area (Å²) in [7, 11) is 0. The Morgan fingerprint density at radius 2 is 1.31 bits per heavy atom. The molecule has 0 amide bonds. The molecule has 2 fully saturated rings. The van der Waals surface area contributed by atoms with Crippen molar-refractivity contribution in [3.05, 3.63) is 95.8 Å². The molecule has 42 heavy (non-hydrogen) atoms. The molecular formula is C41H58Zr-4. The van der Waals surface area contributed by atoms with Crippen LogP contribution >= 0.6 is 0 Å². The molecule has 0 atom stereocenters. The maximum atomic E-state index is 3.67. The third-order valence-corrected chi connectivity index (χ3v) is 8.79. The number of hydrogen-bond donors (Lipinski definition) is 0. The van der Waals surface area contributed by atoms with Crippen LogP contribution in [0.5, 0.6) is 0 Å². The average Bonchev–Trinajstić information content (AvgIpc) is 3.81. The van der Waals surface area contributed by atoms with Crippen LogP contribution in [0, 0.1) is 36.8 Å². The van der Waals surface area contributed by atoms with Crippen LogP contribution in [0.4, 0.5) is 0 Å². The Balaban J connectivity index is 0.000000237. The quantitative estimate of drug-likeness (QED) is 0.244. The summed E-state index contributed by atoms with van der Waals surface area (Å²) < 4.78 is 3.34. The second-order valence-electron chi connectivity index (χ2n) is 14.1. The normalized spacial score (nSPS) is 17.0. The molecule has 0 bridgehead atoms. The summed E-state index contributed by atoms with van der Waals surface area (Å²) in [6.45, 7) is 18.0. The fourth-order valence-electron chi connectivity index (χ4n) is 5.95. The molecule has 0 N–H and O–H groups in total. The third kappa shape index (κ3) is 12.0. The summed E-state index contributed by atoms with van der Waals surface area (Å²) in [6.07, 6.45) is 27.4. The van der Waals surface area contributed by atoms with Crippen molar-refractivity contribution >= 4 is 4.21 Å². The van der Waals surface area contributed by atoms with Crippen LogP contribution in [0.3, 0.4) is 0 Å². The Morgan fingerprint density at radius 3 is 1.69 bits per heavy atom. The van der Waals surface area contributed by atoms with Crippen LogP contribution in [0.1, 0.15) is 135 Å². The first kappa shape index (κ1) is 36.9. The van der Waals surface area contributed by atoms with Crippen LogP contribution in [-0.2, 0) is 41.5 Å². The van der Waals surface area contributed by atoms with E-state index in [9.17, 15) is 0 Å². The fraction of sp³-hybridized carbons (Fsp3) is 0.537. The first-order valence-corrected chi connectivity index (χ1v) is 18.1. The SMILES string of the molecule is CC(C)(C)c1[c-]c2c(cc1)-c1ccc(C(C)(C)C)cc1C2.C[CH-]C1CCCC1.C[CH-]C1CCCC1.[C-]1=CC=CC1.[CH2]=[Zr]. The summed E-state index contributed by atoms with van der Waals surface area (Å²) in [5, 5.41) is 0. The number of rotatable bonds is 2. The molecule has 0 aromatic heterocycles. The molecule has 0 aliphatic heterocycles. The van der Waals surface area contributed by atoms with E-state index in [2.05, 4.69) is 121 Å². The van der Waals surface area contributed by atoms with Gasteiger partial charge in [0.25, 0.3) is 0 Å². The van der Waals surface area contributed by atoms with Crippen molar-refractivity contribution in [2.75, 3.05) is 0 Å². The van der Waals surface area contributed by atoms with Crippen molar-refractivity contribution in [2.45, 2.75) is 130 Å². The van der Waals surface area contributed by atoms with Crippen LogP contribution in [0.25, 0.3) is 11.1 Å². The Morgan fingerprint density at radius 1 is 0.762 bits per heavy atom. The Bertz CT molecular complexity index is 1020. The molecule has 0 unspecified atom stereocenters. The first-order chi connectivity index (χ1) is 20.0. The van der Waals surface area contributed by atoms with Gasteiger partial charge in [0.2, 0.25) is 0 Å². The van der Waals surface area contributed by atoms with E-state index in [1.54, 1.807) is 0 Å². The van der Waals surface area contributed by atoms with E-state index < -0.39 is 0 Å². The van der Waals surface area contributed by atoms with Gasteiger partial charge in [0.05, 0.1) is 0 Å². The zero-order valence-electron chi connectivity index (χ0n) is 28.2. The van der Waals surface area contributed by atoms with E-state index in [4.69, 9.17) is 0 Å². The van der Waals surface area contributed by atoms with Crippen LogP contribution in [0.15, 0.2) is 48.6 Å². The summed E-state index contributed by atoms with van der Waals surface area (Å²) in [5.41, 5.74) is 8.70. The molecule has 0 saturated heterocycles. The van der Waals surface area contributed by atoms with E-state index >= 15 is 0 Å². The predicted molar refractivity (Wildman–Crippen MR) is 183 cm³/mol. The van der Waals surface area contributed by atoms with Gasteiger partial charge in [-0.2, -0.15) is 55.5 Å². The predicted octanol–water partition coefficient (Wildman–Crippen LogP) is 11.7. The van der Waals surface area contributed by atoms with Gasteiger partial charge in [-0.3, -0.25) is 6.08 Å². The zero-order chi connectivity index (χ0) is 31.2. The molecule has 0 nitrogen and oxygen atoms in total. The van der Waals surface area contributed by atoms with Gasteiger partial charge >= 0.3 is 28.4 Å². The van der Waals surface area contributed by atoms with Crippen LogP contribution in [0.2, 0.25) is 0 Å². The molecule has 2 aromatic rings. The topological polar surface area (TPSA) is 0 Å². The van der Waals surface area contributed by atoms with Gasteiger partial charge in [-0.05, 0) is 28.4 Å². The van der Waals surface area contributed by atoms with Gasteiger partial charge in [-0.25, -0.2) is 12.2 Å². The van der Waals surface area contributed by atoms with E-state index in [1.165, 1.54) is 109 Å². The van der Waals surface area contributed by atoms with Gasteiger partial charge in [-0.1, -0.05) is 117 Å². The fourth-order valence-corrected chi connectivity index (χ4v) is 5.95. The van der Waals surface area contributed by atoms with Gasteiger partial charge < -0.3 is 12.8 Å². The summed E-state index contributed by atoms with van der Waals surface area (Å²) in [4.78, 5) is 0. The number of allylic oxidation sites excluding steroid dienone is 4. The van der Waals surface area contributed by atoms with E-state index in [-0.39, 0.29) is 10.8 Å². The van der Waals surface area contributed by atoms with Gasteiger partial charge in [-0.15, -0.1) is 17.5 Å². The van der Waals surface area contributed by atoms with Crippen LogP contribution in [-0.4, -0.2) is 4.21 Å². The van der Waals surface area contributed by atoms with E-state index in [0.29, 0.717) is 0 Å². The molecule has 0 heterocycles. The van der Waals surface area contributed by atoms with Crippen LogP contribution < -0.4 is 0 Å². The molecular weight excluding hydrogens is 584 g/mol. The zero-order valence-corrected chi connectivity index (χ0v) is 30.7. The standard InChI is InChI=1S/C21H25.2C7H13.C5H5.CH2.Zr/c1-20(2,3)16-7-9-18-14(12-16)11-15-13-17(21(4,5)6)8-10-19(15)18;2*1-2-7-5-3-4-6-7;1-2-4-5-3-1;;/h7-10,12H,11H2,1-6H3;2*2,7H,3-6H2,1H3;1-3H,4H2;1H2;/q4*-1;;. The Kier molecular flexibility index (Phi) is 16.2. The summed E-state index contributed by atoms with van der Waals surface area (Å²) >= 11 is 1.30. The number of fused-ring (bicyclic) bond motifs is 3. The van der Waals surface area contributed by atoms with Crippen molar-refractivity contribution in [2.24, 2.45) is 11.8 Å². The molecule has 2 aromatic carbocycles. The van der Waals surface area contributed by atoms with Crippen molar-refractivity contribution in [1.29, 1.82) is 0 Å². The molecule has 2 saturated carbocycles. The monoisotopic (exact) mass is 640 g/mol. The molecule has 4 aliphatic carbocycles. The van der Waals surface area contributed by atoms with E-state index in [1.807, 2.05) is 12.2 Å². The maximum absolute atomic E-state index is 3.67. The Hall–Kier alpha value is -1.33.